The summed E-state index contributed by atoms with van der Waals surface area (Å²) in [6, 6.07) is 14.6. The molecule has 2 aromatic carbocycles. The second-order valence-corrected chi connectivity index (χ2v) is 9.91. The Morgan fingerprint density at radius 2 is 1.82 bits per heavy atom. The van der Waals surface area contributed by atoms with Crippen LogP contribution in [-0.4, -0.2) is 33.8 Å². The second kappa shape index (κ2) is 9.43. The summed E-state index contributed by atoms with van der Waals surface area (Å²) in [5.74, 6) is -0.474. The Labute approximate surface area is 203 Å². The Bertz CT molecular complexity index is 1270. The third kappa shape index (κ3) is 4.23. The molecule has 0 aliphatic carbocycles. The van der Waals surface area contributed by atoms with Crippen LogP contribution in [0, 0.1) is 13.8 Å². The highest BCUT2D eigenvalue weighted by molar-refractivity contribution is 7.14. The van der Waals surface area contributed by atoms with E-state index in [0.29, 0.717) is 22.2 Å². The predicted molar refractivity (Wildman–Crippen MR) is 132 cm³/mol. The van der Waals surface area contributed by atoms with Crippen molar-refractivity contribution in [3.63, 3.8) is 0 Å². The number of carbonyl (C=O) groups excluding carboxylic acids is 2. The Kier molecular flexibility index (Phi) is 6.57. The van der Waals surface area contributed by atoms with Crippen molar-refractivity contribution < 1.29 is 19.4 Å². The molecule has 4 rings (SSSR count). The van der Waals surface area contributed by atoms with Gasteiger partial charge in [-0.15, -0.1) is 11.3 Å². The molecule has 0 bridgehead atoms. The number of aryl methyl sites for hydroxylation is 2. The molecular formula is C27H28N2O4S. The van der Waals surface area contributed by atoms with Gasteiger partial charge in [-0.25, -0.2) is 4.98 Å². The highest BCUT2D eigenvalue weighted by Gasteiger charge is 2.44. The number of carbonyl (C=O) groups is 2. The van der Waals surface area contributed by atoms with Gasteiger partial charge in [0.15, 0.2) is 5.76 Å². The van der Waals surface area contributed by atoms with Crippen LogP contribution < -0.4 is 4.74 Å². The number of aromatic nitrogens is 1. The molecule has 0 spiro atoms. The number of nitrogens with zero attached hydrogens (tertiary/aromatic N) is 2. The minimum absolute atomic E-state index is 0.0870. The van der Waals surface area contributed by atoms with E-state index in [-0.39, 0.29) is 17.9 Å². The van der Waals surface area contributed by atoms with Crippen LogP contribution in [0.5, 0.6) is 5.75 Å². The minimum atomic E-state index is -0.729. The molecule has 0 fully saturated rings. The summed E-state index contributed by atoms with van der Waals surface area (Å²) in [4.78, 5) is 33.3. The fraction of sp³-hybridized carbons (Fsp3) is 0.296. The first-order chi connectivity index (χ1) is 16.2. The number of benzene rings is 2. The molecule has 1 amide bonds. The summed E-state index contributed by atoms with van der Waals surface area (Å²) in [5.41, 5.74) is 3.38. The SMILES string of the molecule is COc1ccccc1CN1C(=O)C(O)=C(C(=O)c2sc(C)nc2C)C1c1ccc(C(C)C)cc1. The van der Waals surface area contributed by atoms with Gasteiger partial charge in [-0.2, -0.15) is 0 Å². The monoisotopic (exact) mass is 476 g/mol. The molecule has 1 atom stereocenters. The van der Waals surface area contributed by atoms with Gasteiger partial charge < -0.3 is 14.7 Å². The Hall–Kier alpha value is -3.45. The topological polar surface area (TPSA) is 79.7 Å². The summed E-state index contributed by atoms with van der Waals surface area (Å²) >= 11 is 1.27. The van der Waals surface area contributed by atoms with E-state index < -0.39 is 17.7 Å². The maximum atomic E-state index is 13.7. The van der Waals surface area contributed by atoms with Gasteiger partial charge >= 0.3 is 0 Å². The van der Waals surface area contributed by atoms with Crippen molar-refractivity contribution in [3.05, 3.63) is 92.1 Å². The summed E-state index contributed by atoms with van der Waals surface area (Å²) < 4.78 is 5.48. The first kappa shape index (κ1) is 23.7. The van der Waals surface area contributed by atoms with Gasteiger partial charge in [-0.1, -0.05) is 56.3 Å². The normalized spacial score (nSPS) is 16.0. The zero-order chi connectivity index (χ0) is 24.6. The van der Waals surface area contributed by atoms with E-state index in [1.807, 2.05) is 55.5 Å². The van der Waals surface area contributed by atoms with Gasteiger partial charge in [0.05, 0.1) is 40.8 Å². The number of thiazole rings is 1. The number of para-hydroxylation sites is 1. The maximum absolute atomic E-state index is 13.7. The molecule has 1 aromatic heterocycles. The van der Waals surface area contributed by atoms with Crippen LogP contribution in [0.25, 0.3) is 0 Å². The molecule has 0 saturated heterocycles. The molecular weight excluding hydrogens is 448 g/mol. The number of aliphatic hydroxyl groups is 1. The number of amides is 1. The van der Waals surface area contributed by atoms with Gasteiger partial charge in [0.2, 0.25) is 5.78 Å². The van der Waals surface area contributed by atoms with Crippen molar-refractivity contribution in [3.8, 4) is 5.75 Å². The molecule has 34 heavy (non-hydrogen) atoms. The molecule has 1 aliphatic rings. The third-order valence-electron chi connectivity index (χ3n) is 6.11. The van der Waals surface area contributed by atoms with Crippen LogP contribution in [0.4, 0.5) is 0 Å². The lowest BCUT2D eigenvalue weighted by Crippen LogP contribution is -2.31. The van der Waals surface area contributed by atoms with E-state index in [1.54, 1.807) is 14.0 Å². The molecule has 7 heteroatoms. The highest BCUT2D eigenvalue weighted by Crippen LogP contribution is 2.42. The van der Waals surface area contributed by atoms with E-state index in [9.17, 15) is 14.7 Å². The van der Waals surface area contributed by atoms with Crippen LogP contribution in [0.15, 0.2) is 59.9 Å². The average molecular weight is 477 g/mol. The van der Waals surface area contributed by atoms with E-state index in [4.69, 9.17) is 4.74 Å². The molecule has 1 unspecified atom stereocenters. The lowest BCUT2D eigenvalue weighted by molar-refractivity contribution is -0.130. The number of Topliss-reactive ketones (excluding diaryl/α,β-unsaturated/α-hetero) is 1. The molecule has 3 aromatic rings. The standard InChI is InChI=1S/C27H28N2O4S/c1-15(2)18-10-12-19(13-11-18)23-22(24(30)26-16(3)28-17(4)34-26)25(31)27(32)29(23)14-20-8-6-7-9-21(20)33-5/h6-13,15,23,31H,14H2,1-5H3. The van der Waals surface area contributed by atoms with Crippen molar-refractivity contribution in [1.29, 1.82) is 0 Å². The minimum Gasteiger partial charge on any atom is -0.503 e. The number of hydrogen-bond donors (Lipinski definition) is 1. The van der Waals surface area contributed by atoms with E-state index >= 15 is 0 Å². The van der Waals surface area contributed by atoms with Crippen molar-refractivity contribution in [2.24, 2.45) is 0 Å². The fourth-order valence-electron chi connectivity index (χ4n) is 4.34. The number of methoxy groups -OCH3 is 1. The zero-order valence-electron chi connectivity index (χ0n) is 20.0. The van der Waals surface area contributed by atoms with Crippen molar-refractivity contribution in [1.82, 2.24) is 9.88 Å². The van der Waals surface area contributed by atoms with E-state index in [1.165, 1.54) is 16.2 Å². The van der Waals surface area contributed by atoms with Gasteiger partial charge in [-0.05, 0) is 37.0 Å². The maximum Gasteiger partial charge on any atom is 0.290 e. The lowest BCUT2D eigenvalue weighted by Gasteiger charge is -2.27. The number of ether oxygens (including phenoxy) is 1. The molecule has 0 radical (unpaired) electrons. The first-order valence-electron chi connectivity index (χ1n) is 11.2. The average Bonchev–Trinajstić information content (AvgIpc) is 3.29. The van der Waals surface area contributed by atoms with Gasteiger partial charge in [0.25, 0.3) is 5.91 Å². The summed E-state index contributed by atoms with van der Waals surface area (Å²) in [7, 11) is 1.58. The molecule has 1 aliphatic heterocycles. The molecule has 6 nitrogen and oxygen atoms in total. The molecule has 0 saturated carbocycles. The smallest absolute Gasteiger partial charge is 0.290 e. The summed E-state index contributed by atoms with van der Waals surface area (Å²) in [6.45, 7) is 8.00. The Morgan fingerprint density at radius 1 is 1.15 bits per heavy atom. The van der Waals surface area contributed by atoms with Crippen LogP contribution >= 0.6 is 11.3 Å². The highest BCUT2D eigenvalue weighted by atomic mass is 32.1. The number of ketones is 1. The lowest BCUT2D eigenvalue weighted by atomic mass is 9.92. The van der Waals surface area contributed by atoms with Crippen molar-refractivity contribution in [2.45, 2.75) is 46.2 Å². The Morgan fingerprint density at radius 3 is 2.41 bits per heavy atom. The van der Waals surface area contributed by atoms with Crippen LogP contribution in [0.3, 0.4) is 0 Å². The number of rotatable bonds is 7. The van der Waals surface area contributed by atoms with Gasteiger partial charge in [0.1, 0.15) is 5.75 Å². The van der Waals surface area contributed by atoms with Crippen molar-refractivity contribution >= 4 is 23.0 Å². The van der Waals surface area contributed by atoms with E-state index in [2.05, 4.69) is 18.8 Å². The number of hydrogen-bond acceptors (Lipinski definition) is 6. The third-order valence-corrected chi connectivity index (χ3v) is 7.18. The number of aliphatic hydroxyl groups excluding tert-OH is 1. The van der Waals surface area contributed by atoms with Crippen LogP contribution in [-0.2, 0) is 11.3 Å². The van der Waals surface area contributed by atoms with Gasteiger partial charge in [-0.3, -0.25) is 9.59 Å². The molecule has 176 valence electrons. The largest absolute Gasteiger partial charge is 0.503 e. The summed E-state index contributed by atoms with van der Waals surface area (Å²) in [5, 5.41) is 11.7. The summed E-state index contributed by atoms with van der Waals surface area (Å²) in [6.07, 6.45) is 0. The quantitative estimate of drug-likeness (QED) is 0.445. The first-order valence-corrected chi connectivity index (χ1v) is 12.0. The fourth-order valence-corrected chi connectivity index (χ4v) is 5.21. The van der Waals surface area contributed by atoms with Crippen LogP contribution in [0.2, 0.25) is 0 Å². The van der Waals surface area contributed by atoms with Gasteiger partial charge in [0, 0.05) is 5.56 Å². The predicted octanol–water partition coefficient (Wildman–Crippen LogP) is 5.67. The van der Waals surface area contributed by atoms with Crippen LogP contribution in [0.1, 0.15) is 62.9 Å². The molecule has 2 heterocycles. The van der Waals surface area contributed by atoms with Crippen molar-refractivity contribution in [2.75, 3.05) is 7.11 Å². The molecule has 1 N–H and O–H groups in total. The Balaban J connectivity index is 1.82. The van der Waals surface area contributed by atoms with E-state index in [0.717, 1.165) is 21.7 Å². The zero-order valence-corrected chi connectivity index (χ0v) is 20.8. The second-order valence-electron chi connectivity index (χ2n) is 8.71.